The summed E-state index contributed by atoms with van der Waals surface area (Å²) in [6.45, 7) is 0. The van der Waals surface area contributed by atoms with Crippen LogP contribution in [0, 0.1) is 0 Å². The van der Waals surface area contributed by atoms with Crippen molar-refractivity contribution in [2.45, 2.75) is 0 Å². The molecule has 3 aromatic carbocycles. The minimum Gasteiger partial charge on any atom is -0.312 e. The zero-order valence-corrected chi connectivity index (χ0v) is 14.9. The Morgan fingerprint density at radius 3 is 1.80 bits per heavy atom. The first-order valence-electron chi connectivity index (χ1n) is 8.25. The Kier molecular flexibility index (Phi) is 4.08. The Hall–Kier alpha value is -2.55. The molecule has 0 fully saturated rings. The Balaban J connectivity index is 1.78. The van der Waals surface area contributed by atoms with Gasteiger partial charge in [-0.1, -0.05) is 72.8 Å². The highest BCUT2D eigenvalue weighted by molar-refractivity contribution is 7.78. The van der Waals surface area contributed by atoms with Gasteiger partial charge >= 0.3 is 0 Å². The van der Waals surface area contributed by atoms with Crippen LogP contribution in [0.3, 0.4) is 0 Å². The van der Waals surface area contributed by atoms with E-state index in [1.165, 1.54) is 0 Å². The summed E-state index contributed by atoms with van der Waals surface area (Å²) in [5.41, 5.74) is 5.43. The average molecular weight is 349 g/mol. The summed E-state index contributed by atoms with van der Waals surface area (Å²) in [6.07, 6.45) is 0.391. The molecule has 4 rings (SSSR count). The van der Waals surface area contributed by atoms with Crippen LogP contribution in [0.4, 0.5) is 11.4 Å². The molecule has 1 N–H and O–H groups in total. The number of benzene rings is 3. The molecule has 25 heavy (non-hydrogen) atoms. The smallest absolute Gasteiger partial charge is 0.163 e. The highest BCUT2D eigenvalue weighted by atomic mass is 31.2. The minimum absolute atomic E-state index is 0.391. The molecule has 0 saturated carbocycles. The number of rotatable bonds is 4. The van der Waals surface area contributed by atoms with Crippen LogP contribution < -0.4 is 26.2 Å². The topological polar surface area (TPSA) is 35.6 Å². The van der Waals surface area contributed by atoms with Crippen molar-refractivity contribution in [2.75, 3.05) is 23.4 Å². The summed E-state index contributed by atoms with van der Waals surface area (Å²) < 4.78 is 14.2. The second-order valence-electron chi connectivity index (χ2n) is 6.13. The van der Waals surface area contributed by atoms with Gasteiger partial charge in [0.05, 0.1) is 17.7 Å². The number of nitrogens with one attached hydrogen (secondary N) is 1. The SMILES string of the molecule is CN1NN(CP(=O)(c2ccccc2)c2ccccc2)c2ccccc21. The number of hydrogen-bond acceptors (Lipinski definition) is 4. The van der Waals surface area contributed by atoms with E-state index in [0.717, 1.165) is 22.0 Å². The van der Waals surface area contributed by atoms with Crippen LogP contribution in [0.15, 0.2) is 84.9 Å². The summed E-state index contributed by atoms with van der Waals surface area (Å²) in [5.74, 6) is 0. The van der Waals surface area contributed by atoms with Crippen molar-refractivity contribution in [3.8, 4) is 0 Å². The quantitative estimate of drug-likeness (QED) is 0.733. The van der Waals surface area contributed by atoms with Crippen LogP contribution in [-0.4, -0.2) is 13.3 Å². The van der Waals surface area contributed by atoms with Crippen LogP contribution in [0.2, 0.25) is 0 Å². The number of anilines is 2. The second-order valence-corrected chi connectivity index (χ2v) is 8.92. The first kappa shape index (κ1) is 15.9. The van der Waals surface area contributed by atoms with E-state index >= 15 is 0 Å². The van der Waals surface area contributed by atoms with Gasteiger partial charge < -0.3 is 4.57 Å². The predicted molar refractivity (Wildman–Crippen MR) is 105 cm³/mol. The molecule has 0 atom stereocenters. The molecule has 3 aromatic rings. The second kappa shape index (κ2) is 6.40. The Labute approximate surface area is 148 Å². The number of hydrazine groups is 2. The van der Waals surface area contributed by atoms with Gasteiger partial charge in [-0.25, -0.2) is 0 Å². The van der Waals surface area contributed by atoms with Crippen molar-refractivity contribution in [3.05, 3.63) is 84.9 Å². The molecule has 1 aliphatic rings. The maximum absolute atomic E-state index is 14.2. The Bertz CT molecular complexity index is 871. The van der Waals surface area contributed by atoms with Crippen LogP contribution >= 0.6 is 7.14 Å². The molecule has 0 bridgehead atoms. The highest BCUT2D eigenvalue weighted by Gasteiger charge is 2.33. The highest BCUT2D eigenvalue weighted by Crippen LogP contribution is 2.46. The van der Waals surface area contributed by atoms with Crippen molar-refractivity contribution < 1.29 is 4.57 Å². The molecule has 1 heterocycles. The van der Waals surface area contributed by atoms with Crippen LogP contribution in [-0.2, 0) is 4.57 Å². The van der Waals surface area contributed by atoms with E-state index in [4.69, 9.17) is 0 Å². The molecule has 0 saturated heterocycles. The van der Waals surface area contributed by atoms with E-state index < -0.39 is 7.14 Å². The van der Waals surface area contributed by atoms with E-state index in [1.54, 1.807) is 0 Å². The standard InChI is InChI=1S/C20H20N3OP/c1-22-19-14-8-9-15-20(19)23(21-22)16-25(24,17-10-4-2-5-11-17)18-12-6-3-7-13-18/h2-15,21H,16H2,1H3. The average Bonchev–Trinajstić information content (AvgIpc) is 2.99. The van der Waals surface area contributed by atoms with Gasteiger partial charge in [-0.05, 0) is 12.1 Å². The molecular formula is C20H20N3OP. The first-order chi connectivity index (χ1) is 12.2. The number of fused-ring (bicyclic) bond motifs is 1. The molecule has 126 valence electrons. The van der Waals surface area contributed by atoms with Crippen molar-refractivity contribution >= 4 is 29.1 Å². The van der Waals surface area contributed by atoms with E-state index in [1.807, 2.05) is 95.9 Å². The van der Waals surface area contributed by atoms with E-state index in [-0.39, 0.29) is 0 Å². The normalized spacial score (nSPS) is 13.8. The molecule has 0 radical (unpaired) electrons. The summed E-state index contributed by atoms with van der Waals surface area (Å²) in [6, 6.07) is 27.6. The first-order valence-corrected chi connectivity index (χ1v) is 10.1. The minimum atomic E-state index is -2.82. The molecule has 5 heteroatoms. The van der Waals surface area contributed by atoms with E-state index in [9.17, 15) is 4.57 Å². The van der Waals surface area contributed by atoms with E-state index in [0.29, 0.717) is 6.29 Å². The fraction of sp³-hybridized carbons (Fsp3) is 0.100. The molecule has 4 nitrogen and oxygen atoms in total. The van der Waals surface area contributed by atoms with Crippen LogP contribution in [0.1, 0.15) is 0 Å². The van der Waals surface area contributed by atoms with Gasteiger partial charge in [0.25, 0.3) is 0 Å². The molecule has 1 aliphatic heterocycles. The summed E-state index contributed by atoms with van der Waals surface area (Å²) in [5, 5.41) is 5.68. The summed E-state index contributed by atoms with van der Waals surface area (Å²) in [7, 11) is -0.852. The van der Waals surface area contributed by atoms with Gasteiger partial charge in [-0.3, -0.25) is 10.0 Å². The third-order valence-electron chi connectivity index (χ3n) is 4.49. The van der Waals surface area contributed by atoms with Gasteiger partial charge in [-0.2, -0.15) is 0 Å². The molecule has 0 aromatic heterocycles. The van der Waals surface area contributed by atoms with Crippen molar-refractivity contribution in [2.24, 2.45) is 0 Å². The Morgan fingerprint density at radius 2 is 1.24 bits per heavy atom. The zero-order valence-electron chi connectivity index (χ0n) is 14.0. The Morgan fingerprint density at radius 1 is 0.760 bits per heavy atom. The number of para-hydroxylation sites is 2. The van der Waals surface area contributed by atoms with Gasteiger partial charge in [0.15, 0.2) is 7.14 Å². The third-order valence-corrected chi connectivity index (χ3v) is 7.44. The van der Waals surface area contributed by atoms with E-state index in [2.05, 4.69) is 11.6 Å². The van der Waals surface area contributed by atoms with Gasteiger partial charge in [0.2, 0.25) is 0 Å². The van der Waals surface area contributed by atoms with Crippen LogP contribution in [0.25, 0.3) is 0 Å². The molecule has 0 spiro atoms. The molecular weight excluding hydrogens is 329 g/mol. The lowest BCUT2D eigenvalue weighted by atomic mass is 10.3. The van der Waals surface area contributed by atoms with Crippen molar-refractivity contribution in [1.82, 2.24) is 5.53 Å². The number of hydrogen-bond donors (Lipinski definition) is 1. The lowest BCUT2D eigenvalue weighted by molar-refractivity contribution is 0.581. The van der Waals surface area contributed by atoms with Gasteiger partial charge in [-0.15, -0.1) is 5.53 Å². The predicted octanol–water partition coefficient (Wildman–Crippen LogP) is 3.33. The largest absolute Gasteiger partial charge is 0.312 e. The lowest BCUT2D eigenvalue weighted by Crippen LogP contribution is -2.44. The monoisotopic (exact) mass is 349 g/mol. The fourth-order valence-corrected chi connectivity index (χ4v) is 5.77. The van der Waals surface area contributed by atoms with Crippen LogP contribution in [0.5, 0.6) is 0 Å². The number of nitrogens with zero attached hydrogens (tertiary/aromatic N) is 2. The van der Waals surface area contributed by atoms with Crippen molar-refractivity contribution in [1.29, 1.82) is 0 Å². The molecule has 0 aliphatic carbocycles. The maximum atomic E-state index is 14.2. The fourth-order valence-electron chi connectivity index (χ4n) is 3.22. The van der Waals surface area contributed by atoms with Gasteiger partial charge in [0, 0.05) is 17.7 Å². The lowest BCUT2D eigenvalue weighted by Gasteiger charge is -2.27. The maximum Gasteiger partial charge on any atom is 0.163 e. The van der Waals surface area contributed by atoms with Crippen molar-refractivity contribution in [3.63, 3.8) is 0 Å². The zero-order chi connectivity index (χ0) is 17.3. The molecule has 0 amide bonds. The summed E-state index contributed by atoms with van der Waals surface area (Å²) in [4.78, 5) is 0. The van der Waals surface area contributed by atoms with Gasteiger partial charge in [0.1, 0.15) is 0 Å². The summed E-state index contributed by atoms with van der Waals surface area (Å²) >= 11 is 0. The molecule has 0 unspecified atom stereocenters. The third kappa shape index (κ3) is 2.84.